The molecule has 0 unspecified atom stereocenters. The summed E-state index contributed by atoms with van der Waals surface area (Å²) in [5.74, 6) is 0.769. The molecule has 80 valence electrons. The number of para-hydroxylation sites is 2. The summed E-state index contributed by atoms with van der Waals surface area (Å²) in [6, 6.07) is 8.10. The van der Waals surface area contributed by atoms with Crippen molar-refractivity contribution in [2.75, 3.05) is 19.0 Å². The summed E-state index contributed by atoms with van der Waals surface area (Å²) in [6.07, 6.45) is 1.86. The molecule has 1 heterocycles. The van der Waals surface area contributed by atoms with Gasteiger partial charge in [-0.3, -0.25) is 0 Å². The van der Waals surface area contributed by atoms with Gasteiger partial charge in [-0.1, -0.05) is 12.1 Å². The van der Waals surface area contributed by atoms with Crippen LogP contribution >= 0.6 is 12.6 Å². The molecule has 0 saturated carbocycles. The average Bonchev–Trinajstić information content (AvgIpc) is 2.68. The van der Waals surface area contributed by atoms with E-state index in [-0.39, 0.29) is 0 Å². The van der Waals surface area contributed by atoms with E-state index in [1.165, 1.54) is 0 Å². The van der Waals surface area contributed by atoms with Crippen LogP contribution < -0.4 is 0 Å². The zero-order valence-electron chi connectivity index (χ0n) is 8.47. The normalized spacial score (nSPS) is 11.0. The van der Waals surface area contributed by atoms with Gasteiger partial charge in [0.25, 0.3) is 0 Å². The van der Waals surface area contributed by atoms with E-state index in [1.54, 1.807) is 0 Å². The van der Waals surface area contributed by atoms with Gasteiger partial charge in [0.15, 0.2) is 0 Å². The van der Waals surface area contributed by atoms with E-state index in [1.807, 2.05) is 24.5 Å². The van der Waals surface area contributed by atoms with Crippen LogP contribution in [0.1, 0.15) is 0 Å². The number of thiol groups is 1. The van der Waals surface area contributed by atoms with Gasteiger partial charge in [0.05, 0.1) is 30.6 Å². The molecule has 4 heteroatoms. The molecule has 3 nitrogen and oxygen atoms in total. The summed E-state index contributed by atoms with van der Waals surface area (Å²) in [6.45, 7) is 2.25. The van der Waals surface area contributed by atoms with Gasteiger partial charge in [-0.15, -0.1) is 0 Å². The van der Waals surface area contributed by atoms with Crippen molar-refractivity contribution in [3.63, 3.8) is 0 Å². The van der Waals surface area contributed by atoms with Crippen LogP contribution in [0.4, 0.5) is 0 Å². The lowest BCUT2D eigenvalue weighted by Crippen LogP contribution is -2.06. The molecule has 0 spiro atoms. The van der Waals surface area contributed by atoms with E-state index in [9.17, 15) is 0 Å². The van der Waals surface area contributed by atoms with Crippen LogP contribution in [0.15, 0.2) is 30.6 Å². The highest BCUT2D eigenvalue weighted by Crippen LogP contribution is 2.11. The highest BCUT2D eigenvalue weighted by molar-refractivity contribution is 7.80. The van der Waals surface area contributed by atoms with Gasteiger partial charge in [0.2, 0.25) is 0 Å². The molecule has 0 aliphatic rings. The van der Waals surface area contributed by atoms with Crippen molar-refractivity contribution in [2.45, 2.75) is 6.54 Å². The molecule has 0 atom stereocenters. The van der Waals surface area contributed by atoms with Gasteiger partial charge in [-0.2, -0.15) is 12.6 Å². The Kier molecular flexibility index (Phi) is 3.64. The summed E-state index contributed by atoms with van der Waals surface area (Å²) < 4.78 is 7.49. The molecule has 2 rings (SSSR count). The minimum Gasteiger partial charge on any atom is -0.379 e. The van der Waals surface area contributed by atoms with Gasteiger partial charge in [0.1, 0.15) is 0 Å². The second-order valence-corrected chi connectivity index (χ2v) is 3.71. The first kappa shape index (κ1) is 10.5. The third-order valence-electron chi connectivity index (χ3n) is 2.24. The fourth-order valence-electron chi connectivity index (χ4n) is 1.52. The van der Waals surface area contributed by atoms with Crippen molar-refractivity contribution in [3.05, 3.63) is 30.6 Å². The number of hydrogen-bond acceptors (Lipinski definition) is 3. The second-order valence-electron chi connectivity index (χ2n) is 3.26. The Morgan fingerprint density at radius 3 is 3.00 bits per heavy atom. The third kappa shape index (κ3) is 2.52. The molecule has 0 bridgehead atoms. The number of ether oxygens (including phenoxy) is 1. The van der Waals surface area contributed by atoms with Gasteiger partial charge >= 0.3 is 0 Å². The first-order chi connectivity index (χ1) is 7.42. The molecule has 0 fully saturated rings. The minimum atomic E-state index is 0.704. The Morgan fingerprint density at radius 2 is 2.13 bits per heavy atom. The summed E-state index contributed by atoms with van der Waals surface area (Å²) in [5.41, 5.74) is 2.19. The lowest BCUT2D eigenvalue weighted by atomic mass is 10.3. The molecule has 0 radical (unpaired) electrons. The Labute approximate surface area is 94.5 Å². The first-order valence-electron chi connectivity index (χ1n) is 5.00. The summed E-state index contributed by atoms with van der Waals surface area (Å²) in [7, 11) is 0. The van der Waals surface area contributed by atoms with Crippen LogP contribution in [-0.4, -0.2) is 28.5 Å². The molecule has 15 heavy (non-hydrogen) atoms. The molecule has 0 saturated heterocycles. The highest BCUT2D eigenvalue weighted by atomic mass is 32.1. The lowest BCUT2D eigenvalue weighted by Gasteiger charge is -2.04. The van der Waals surface area contributed by atoms with Crippen molar-refractivity contribution < 1.29 is 4.74 Å². The van der Waals surface area contributed by atoms with Crippen molar-refractivity contribution in [1.29, 1.82) is 0 Å². The second kappa shape index (κ2) is 5.19. The SMILES string of the molecule is SCCOCCn1cnc2ccccc21. The molecular formula is C11H14N2OS. The number of aromatic nitrogens is 2. The number of benzene rings is 1. The Hall–Kier alpha value is -1.00. The lowest BCUT2D eigenvalue weighted by molar-refractivity contribution is 0.142. The predicted octanol–water partition coefficient (Wildman–Crippen LogP) is 1.98. The third-order valence-corrected chi connectivity index (χ3v) is 2.42. The Balaban J connectivity index is 2.02. The van der Waals surface area contributed by atoms with E-state index < -0.39 is 0 Å². The summed E-state index contributed by atoms with van der Waals surface area (Å²) in [4.78, 5) is 4.31. The van der Waals surface area contributed by atoms with Crippen LogP contribution in [0.2, 0.25) is 0 Å². The maximum absolute atomic E-state index is 5.38. The number of fused-ring (bicyclic) bond motifs is 1. The maximum atomic E-state index is 5.38. The fraction of sp³-hybridized carbons (Fsp3) is 0.364. The topological polar surface area (TPSA) is 27.1 Å². The molecule has 2 aromatic rings. The van der Waals surface area contributed by atoms with Crippen molar-refractivity contribution >= 4 is 23.7 Å². The van der Waals surface area contributed by atoms with Crippen LogP contribution in [0.25, 0.3) is 11.0 Å². The smallest absolute Gasteiger partial charge is 0.0959 e. The summed E-state index contributed by atoms with van der Waals surface area (Å²) in [5, 5.41) is 0. The van der Waals surface area contributed by atoms with Gasteiger partial charge < -0.3 is 9.30 Å². The first-order valence-corrected chi connectivity index (χ1v) is 5.63. The van der Waals surface area contributed by atoms with E-state index >= 15 is 0 Å². The Bertz CT molecular complexity index is 427. The minimum absolute atomic E-state index is 0.704. The largest absolute Gasteiger partial charge is 0.379 e. The van der Waals surface area contributed by atoms with E-state index in [2.05, 4.69) is 28.2 Å². The zero-order chi connectivity index (χ0) is 10.5. The standard InChI is InChI=1S/C11H14N2OS/c15-8-7-14-6-5-13-9-12-10-3-1-2-4-11(10)13/h1-4,9,15H,5-8H2. The van der Waals surface area contributed by atoms with E-state index in [0.29, 0.717) is 13.2 Å². The van der Waals surface area contributed by atoms with Crippen molar-refractivity contribution in [3.8, 4) is 0 Å². The summed E-state index contributed by atoms with van der Waals surface area (Å²) >= 11 is 4.08. The highest BCUT2D eigenvalue weighted by Gasteiger charge is 2.00. The van der Waals surface area contributed by atoms with Crippen molar-refractivity contribution in [1.82, 2.24) is 9.55 Å². The van der Waals surface area contributed by atoms with Crippen LogP contribution in [0.5, 0.6) is 0 Å². The average molecular weight is 222 g/mol. The molecule has 0 aliphatic heterocycles. The molecular weight excluding hydrogens is 208 g/mol. The molecule has 1 aromatic carbocycles. The van der Waals surface area contributed by atoms with E-state index in [4.69, 9.17) is 4.74 Å². The van der Waals surface area contributed by atoms with Crippen LogP contribution in [-0.2, 0) is 11.3 Å². The fourth-order valence-corrected chi connectivity index (χ4v) is 1.65. The van der Waals surface area contributed by atoms with Gasteiger partial charge in [0, 0.05) is 12.3 Å². The molecule has 1 aromatic heterocycles. The number of hydrogen-bond donors (Lipinski definition) is 1. The number of nitrogens with zero attached hydrogens (tertiary/aromatic N) is 2. The molecule has 0 aliphatic carbocycles. The zero-order valence-corrected chi connectivity index (χ0v) is 9.36. The number of rotatable bonds is 5. The number of imidazole rings is 1. The molecule has 0 amide bonds. The quantitative estimate of drug-likeness (QED) is 0.618. The van der Waals surface area contributed by atoms with Gasteiger partial charge in [-0.25, -0.2) is 4.98 Å². The maximum Gasteiger partial charge on any atom is 0.0959 e. The Morgan fingerprint density at radius 1 is 1.27 bits per heavy atom. The van der Waals surface area contributed by atoms with Crippen LogP contribution in [0.3, 0.4) is 0 Å². The predicted molar refractivity (Wildman–Crippen MR) is 64.4 cm³/mol. The van der Waals surface area contributed by atoms with Crippen LogP contribution in [0, 0.1) is 0 Å². The monoisotopic (exact) mass is 222 g/mol. The van der Waals surface area contributed by atoms with E-state index in [0.717, 1.165) is 23.3 Å². The molecule has 0 N–H and O–H groups in total. The van der Waals surface area contributed by atoms with Gasteiger partial charge in [-0.05, 0) is 12.1 Å². The van der Waals surface area contributed by atoms with Crippen molar-refractivity contribution in [2.24, 2.45) is 0 Å².